The molecule has 5 nitrogen and oxygen atoms in total. The second-order valence-electron chi connectivity index (χ2n) is 5.61. The Bertz CT molecular complexity index is 667. The highest BCUT2D eigenvalue weighted by Crippen LogP contribution is 2.39. The van der Waals surface area contributed by atoms with Crippen molar-refractivity contribution in [1.82, 2.24) is 4.31 Å². The van der Waals surface area contributed by atoms with Gasteiger partial charge in [-0.2, -0.15) is 4.31 Å². The molecule has 0 radical (unpaired) electrons. The van der Waals surface area contributed by atoms with Crippen molar-refractivity contribution in [2.75, 3.05) is 0 Å². The van der Waals surface area contributed by atoms with E-state index >= 15 is 0 Å². The molecule has 0 unspecified atom stereocenters. The minimum atomic E-state index is -4.00. The van der Waals surface area contributed by atoms with Crippen molar-refractivity contribution in [2.24, 2.45) is 0 Å². The van der Waals surface area contributed by atoms with E-state index < -0.39 is 27.6 Å². The van der Waals surface area contributed by atoms with Crippen molar-refractivity contribution in [1.29, 1.82) is 0 Å². The zero-order valence-electron chi connectivity index (χ0n) is 11.5. The molecule has 1 aliphatic heterocycles. The lowest BCUT2D eigenvalue weighted by Crippen LogP contribution is -2.49. The van der Waals surface area contributed by atoms with Gasteiger partial charge >= 0.3 is 5.97 Å². The van der Waals surface area contributed by atoms with E-state index in [9.17, 15) is 18.3 Å². The zero-order chi connectivity index (χ0) is 16.0. The van der Waals surface area contributed by atoms with Crippen LogP contribution in [0.5, 0.6) is 0 Å². The fourth-order valence-electron chi connectivity index (χ4n) is 2.65. The molecule has 1 heterocycles. The first-order chi connectivity index (χ1) is 9.55. The van der Waals surface area contributed by atoms with Gasteiger partial charge in [-0.1, -0.05) is 23.2 Å². The zero-order valence-corrected chi connectivity index (χ0v) is 13.8. The Kier molecular flexibility index (Phi) is 4.28. The first-order valence-corrected chi connectivity index (χ1v) is 8.49. The van der Waals surface area contributed by atoms with E-state index in [1.165, 1.54) is 18.2 Å². The molecule has 1 atom stereocenters. The van der Waals surface area contributed by atoms with E-state index in [1.807, 2.05) is 0 Å². The molecule has 8 heteroatoms. The topological polar surface area (TPSA) is 74.7 Å². The summed E-state index contributed by atoms with van der Waals surface area (Å²) >= 11 is 11.7. The van der Waals surface area contributed by atoms with Gasteiger partial charge in [-0.3, -0.25) is 4.79 Å². The highest BCUT2D eigenvalue weighted by atomic mass is 35.5. The van der Waals surface area contributed by atoms with Crippen LogP contribution >= 0.6 is 23.2 Å². The van der Waals surface area contributed by atoms with E-state index in [2.05, 4.69) is 0 Å². The van der Waals surface area contributed by atoms with Gasteiger partial charge in [0.15, 0.2) is 0 Å². The van der Waals surface area contributed by atoms with Gasteiger partial charge in [0.05, 0.1) is 4.90 Å². The van der Waals surface area contributed by atoms with Gasteiger partial charge in [-0.25, -0.2) is 8.42 Å². The standard InChI is InChI=1S/C13H15Cl2NO4S/c1-13(2)4-3-11(12(17)18)16(13)21(19,20)10-6-8(14)5-9(15)7-10/h5-7,11H,3-4H2,1-2H3,(H,17,18)/t11-/m0/s1. The number of carboxylic acid groups (broad SMARTS) is 1. The fraction of sp³-hybridized carbons (Fsp3) is 0.462. The second kappa shape index (κ2) is 5.43. The van der Waals surface area contributed by atoms with Gasteiger partial charge in [0.1, 0.15) is 6.04 Å². The van der Waals surface area contributed by atoms with Crippen LogP contribution in [-0.4, -0.2) is 35.4 Å². The molecule has 1 aromatic carbocycles. The van der Waals surface area contributed by atoms with Crippen LogP contribution in [0.1, 0.15) is 26.7 Å². The lowest BCUT2D eigenvalue weighted by atomic mass is 10.0. The molecule has 0 amide bonds. The summed E-state index contributed by atoms with van der Waals surface area (Å²) in [4.78, 5) is 11.3. The SMILES string of the molecule is CC1(C)CC[C@@H](C(=O)O)N1S(=O)(=O)c1cc(Cl)cc(Cl)c1. The third kappa shape index (κ3) is 3.04. The highest BCUT2D eigenvalue weighted by Gasteiger charge is 2.50. The predicted octanol–water partition coefficient (Wildman–Crippen LogP) is 3.01. The van der Waals surface area contributed by atoms with Gasteiger partial charge in [-0.05, 0) is 44.9 Å². The number of nitrogens with zero attached hydrogens (tertiary/aromatic N) is 1. The van der Waals surface area contributed by atoms with Gasteiger partial charge in [0.2, 0.25) is 10.0 Å². The summed E-state index contributed by atoms with van der Waals surface area (Å²) in [6.45, 7) is 3.42. The van der Waals surface area contributed by atoms with Crippen molar-refractivity contribution >= 4 is 39.2 Å². The Balaban J connectivity index is 2.57. The Hall–Kier alpha value is -0.820. The smallest absolute Gasteiger partial charge is 0.322 e. The van der Waals surface area contributed by atoms with Crippen LogP contribution < -0.4 is 0 Å². The van der Waals surface area contributed by atoms with Crippen LogP contribution in [0.4, 0.5) is 0 Å². The number of sulfonamides is 1. The number of hydrogen-bond donors (Lipinski definition) is 1. The molecule has 0 aliphatic carbocycles. The summed E-state index contributed by atoms with van der Waals surface area (Å²) in [5, 5.41) is 9.65. The molecule has 1 aliphatic rings. The van der Waals surface area contributed by atoms with Crippen molar-refractivity contribution in [3.63, 3.8) is 0 Å². The van der Waals surface area contributed by atoms with Crippen molar-refractivity contribution in [2.45, 2.75) is 43.2 Å². The maximum absolute atomic E-state index is 12.8. The maximum Gasteiger partial charge on any atom is 0.322 e. The average Bonchev–Trinajstić information content (AvgIpc) is 2.64. The molecular formula is C13H15Cl2NO4S. The first kappa shape index (κ1) is 16.5. The Morgan fingerprint density at radius 1 is 1.29 bits per heavy atom. The quantitative estimate of drug-likeness (QED) is 0.907. The Morgan fingerprint density at radius 2 is 1.81 bits per heavy atom. The molecule has 116 valence electrons. The van der Waals surface area contributed by atoms with Crippen LogP contribution in [0.15, 0.2) is 23.1 Å². The van der Waals surface area contributed by atoms with Gasteiger partial charge in [-0.15, -0.1) is 0 Å². The third-order valence-electron chi connectivity index (χ3n) is 3.59. The van der Waals surface area contributed by atoms with E-state index in [-0.39, 0.29) is 21.4 Å². The van der Waals surface area contributed by atoms with Gasteiger partial charge in [0, 0.05) is 15.6 Å². The average molecular weight is 352 g/mol. The molecule has 1 N–H and O–H groups in total. The Labute approximate surface area is 133 Å². The molecule has 2 rings (SSSR count). The normalized spacial score (nSPS) is 22.4. The van der Waals surface area contributed by atoms with E-state index in [4.69, 9.17) is 23.2 Å². The lowest BCUT2D eigenvalue weighted by Gasteiger charge is -2.33. The van der Waals surface area contributed by atoms with E-state index in [1.54, 1.807) is 13.8 Å². The van der Waals surface area contributed by atoms with Gasteiger partial charge in [0.25, 0.3) is 0 Å². The number of aliphatic carboxylic acids is 1. The number of carbonyl (C=O) groups is 1. The highest BCUT2D eigenvalue weighted by molar-refractivity contribution is 7.89. The van der Waals surface area contributed by atoms with Crippen molar-refractivity contribution in [3.8, 4) is 0 Å². The monoisotopic (exact) mass is 351 g/mol. The number of hydrogen-bond acceptors (Lipinski definition) is 3. The van der Waals surface area contributed by atoms with Crippen LogP contribution in [0, 0.1) is 0 Å². The van der Waals surface area contributed by atoms with E-state index in [0.717, 1.165) is 4.31 Å². The number of benzene rings is 1. The molecule has 0 spiro atoms. The largest absolute Gasteiger partial charge is 0.480 e. The minimum absolute atomic E-state index is 0.0961. The third-order valence-corrected chi connectivity index (χ3v) is 6.12. The molecule has 0 bridgehead atoms. The summed E-state index contributed by atoms with van der Waals surface area (Å²) in [7, 11) is -4.00. The Morgan fingerprint density at radius 3 is 2.29 bits per heavy atom. The fourth-order valence-corrected chi connectivity index (χ4v) is 5.35. The predicted molar refractivity (Wildman–Crippen MR) is 80.2 cm³/mol. The van der Waals surface area contributed by atoms with Crippen LogP contribution in [0.3, 0.4) is 0 Å². The summed E-state index contributed by atoms with van der Waals surface area (Å²) < 4.78 is 26.7. The molecule has 1 saturated heterocycles. The van der Waals surface area contributed by atoms with E-state index in [0.29, 0.717) is 6.42 Å². The van der Waals surface area contributed by atoms with Crippen molar-refractivity contribution in [3.05, 3.63) is 28.2 Å². The lowest BCUT2D eigenvalue weighted by molar-refractivity contribution is -0.141. The molecule has 21 heavy (non-hydrogen) atoms. The summed E-state index contributed by atoms with van der Waals surface area (Å²) in [5.74, 6) is -1.16. The van der Waals surface area contributed by atoms with Crippen LogP contribution in [0.25, 0.3) is 0 Å². The summed E-state index contributed by atoms with van der Waals surface area (Å²) in [5.41, 5.74) is -0.781. The molecule has 1 aromatic rings. The number of rotatable bonds is 3. The van der Waals surface area contributed by atoms with Gasteiger partial charge < -0.3 is 5.11 Å². The second-order valence-corrected chi connectivity index (χ2v) is 8.30. The summed E-state index contributed by atoms with van der Waals surface area (Å²) in [6.07, 6.45) is 0.743. The molecule has 1 fully saturated rings. The molecule has 0 aromatic heterocycles. The number of halogens is 2. The van der Waals surface area contributed by atoms with Crippen molar-refractivity contribution < 1.29 is 18.3 Å². The van der Waals surface area contributed by atoms with Crippen LogP contribution in [0.2, 0.25) is 10.0 Å². The summed E-state index contributed by atoms with van der Waals surface area (Å²) in [6, 6.07) is 2.89. The maximum atomic E-state index is 12.8. The first-order valence-electron chi connectivity index (χ1n) is 6.29. The molecule has 0 saturated carbocycles. The van der Waals surface area contributed by atoms with Crippen LogP contribution in [-0.2, 0) is 14.8 Å². The minimum Gasteiger partial charge on any atom is -0.480 e. The number of carboxylic acids is 1. The molecular weight excluding hydrogens is 337 g/mol.